The van der Waals surface area contributed by atoms with Crippen LogP contribution in [0.15, 0.2) is 79.0 Å². The molecular formula is C23H19FN+. The van der Waals surface area contributed by atoms with E-state index in [-0.39, 0.29) is 5.82 Å². The molecule has 122 valence electrons. The Bertz CT molecular complexity index is 1070. The molecule has 0 aliphatic rings. The second kappa shape index (κ2) is 6.14. The van der Waals surface area contributed by atoms with Gasteiger partial charge in [0.05, 0.1) is 10.9 Å². The van der Waals surface area contributed by atoms with Crippen molar-refractivity contribution in [2.24, 2.45) is 7.05 Å². The molecule has 1 nitrogen and oxygen atoms in total. The maximum atomic E-state index is 13.3. The van der Waals surface area contributed by atoms with Gasteiger partial charge in [-0.05, 0) is 42.3 Å². The highest BCUT2D eigenvalue weighted by Gasteiger charge is 2.20. The first-order valence-electron chi connectivity index (χ1n) is 8.38. The zero-order valence-corrected chi connectivity index (χ0v) is 14.3. The van der Waals surface area contributed by atoms with Gasteiger partial charge >= 0.3 is 0 Å². The molecule has 0 aliphatic carbocycles. The molecule has 0 bridgehead atoms. The van der Waals surface area contributed by atoms with Gasteiger partial charge in [-0.3, -0.25) is 0 Å². The van der Waals surface area contributed by atoms with E-state index in [0.717, 1.165) is 11.1 Å². The summed E-state index contributed by atoms with van der Waals surface area (Å²) in [5, 5.41) is 2.37. The third-order valence-corrected chi connectivity index (χ3v) is 4.70. The normalized spacial score (nSPS) is 11.0. The van der Waals surface area contributed by atoms with Crippen LogP contribution in [0.25, 0.3) is 33.2 Å². The van der Waals surface area contributed by atoms with E-state index in [4.69, 9.17) is 0 Å². The van der Waals surface area contributed by atoms with Crippen molar-refractivity contribution in [2.45, 2.75) is 6.92 Å². The Hall–Kier alpha value is -3.00. The number of nitrogens with zero attached hydrogens (tertiary/aromatic N) is 1. The fraction of sp³-hybridized carbons (Fsp3) is 0.0870. The van der Waals surface area contributed by atoms with Crippen LogP contribution in [0.3, 0.4) is 0 Å². The van der Waals surface area contributed by atoms with E-state index in [9.17, 15) is 4.39 Å². The standard InChI is InChI=1S/C23H19FN/c1-16-7-3-4-8-19(16)23-21-10-6-5-9-20(21)22(15-25(23)2)17-11-13-18(24)14-12-17/h3-15H,1-2H3/q+1. The van der Waals surface area contributed by atoms with Crippen LogP contribution < -0.4 is 4.57 Å². The fourth-order valence-electron chi connectivity index (χ4n) is 3.48. The minimum atomic E-state index is -0.214. The lowest BCUT2D eigenvalue weighted by molar-refractivity contribution is -0.658. The van der Waals surface area contributed by atoms with Gasteiger partial charge in [0, 0.05) is 10.9 Å². The predicted octanol–water partition coefficient (Wildman–Crippen LogP) is 5.45. The van der Waals surface area contributed by atoms with E-state index >= 15 is 0 Å². The Balaban J connectivity index is 2.06. The minimum absolute atomic E-state index is 0.214. The molecule has 0 spiro atoms. The highest BCUT2D eigenvalue weighted by Crippen LogP contribution is 2.33. The van der Waals surface area contributed by atoms with Crippen molar-refractivity contribution in [3.05, 3.63) is 90.4 Å². The predicted molar refractivity (Wildman–Crippen MR) is 101 cm³/mol. The molecule has 0 N–H and O–H groups in total. The maximum Gasteiger partial charge on any atom is 0.220 e. The topological polar surface area (TPSA) is 3.88 Å². The third-order valence-electron chi connectivity index (χ3n) is 4.70. The van der Waals surface area contributed by atoms with Crippen LogP contribution in [0.2, 0.25) is 0 Å². The van der Waals surface area contributed by atoms with E-state index in [1.165, 1.54) is 39.7 Å². The lowest BCUT2D eigenvalue weighted by atomic mass is 9.95. The van der Waals surface area contributed by atoms with E-state index in [0.29, 0.717) is 0 Å². The van der Waals surface area contributed by atoms with E-state index in [2.05, 4.69) is 73.3 Å². The Labute approximate surface area is 147 Å². The molecule has 1 aromatic heterocycles. The summed E-state index contributed by atoms with van der Waals surface area (Å²) in [5.74, 6) is -0.214. The Kier molecular flexibility index (Phi) is 3.81. The van der Waals surface area contributed by atoms with Crippen LogP contribution in [-0.2, 0) is 7.05 Å². The summed E-state index contributed by atoms with van der Waals surface area (Å²) in [6, 6.07) is 23.6. The number of halogens is 1. The average molecular weight is 328 g/mol. The fourth-order valence-corrected chi connectivity index (χ4v) is 3.48. The highest BCUT2D eigenvalue weighted by molar-refractivity contribution is 6.02. The van der Waals surface area contributed by atoms with Gasteiger partial charge in [0.25, 0.3) is 0 Å². The summed E-state index contributed by atoms with van der Waals surface area (Å²) in [4.78, 5) is 0. The zero-order chi connectivity index (χ0) is 17.4. The maximum absolute atomic E-state index is 13.3. The molecule has 4 aromatic rings. The van der Waals surface area contributed by atoms with Gasteiger partial charge in [-0.1, -0.05) is 48.5 Å². The summed E-state index contributed by atoms with van der Waals surface area (Å²) in [7, 11) is 2.07. The summed E-state index contributed by atoms with van der Waals surface area (Å²) in [6.45, 7) is 2.14. The summed E-state index contributed by atoms with van der Waals surface area (Å²) >= 11 is 0. The van der Waals surface area contributed by atoms with Crippen molar-refractivity contribution in [1.29, 1.82) is 0 Å². The molecule has 0 unspecified atom stereocenters. The summed E-state index contributed by atoms with van der Waals surface area (Å²) < 4.78 is 15.5. The molecule has 3 aromatic carbocycles. The number of aryl methyl sites for hydroxylation is 2. The number of hydrogen-bond acceptors (Lipinski definition) is 0. The van der Waals surface area contributed by atoms with Crippen molar-refractivity contribution in [3.63, 3.8) is 0 Å². The first kappa shape index (κ1) is 15.5. The molecule has 0 saturated carbocycles. The second-order valence-corrected chi connectivity index (χ2v) is 6.37. The van der Waals surface area contributed by atoms with Crippen LogP contribution in [-0.4, -0.2) is 0 Å². The first-order chi connectivity index (χ1) is 12.1. The molecule has 0 fully saturated rings. The highest BCUT2D eigenvalue weighted by atomic mass is 19.1. The molecule has 0 amide bonds. The van der Waals surface area contributed by atoms with Crippen molar-refractivity contribution in [3.8, 4) is 22.4 Å². The zero-order valence-electron chi connectivity index (χ0n) is 14.3. The van der Waals surface area contributed by atoms with Crippen LogP contribution in [0, 0.1) is 12.7 Å². The van der Waals surface area contributed by atoms with Crippen LogP contribution in [0.1, 0.15) is 5.56 Å². The lowest BCUT2D eigenvalue weighted by Gasteiger charge is -2.11. The monoisotopic (exact) mass is 328 g/mol. The van der Waals surface area contributed by atoms with Gasteiger partial charge < -0.3 is 0 Å². The minimum Gasteiger partial charge on any atom is -0.207 e. The van der Waals surface area contributed by atoms with Crippen molar-refractivity contribution < 1.29 is 8.96 Å². The number of benzene rings is 3. The number of hydrogen-bond donors (Lipinski definition) is 0. The molecule has 0 atom stereocenters. The SMILES string of the molecule is Cc1ccccc1-c1c2ccccc2c(-c2ccc(F)cc2)c[n+]1C. The van der Waals surface area contributed by atoms with Gasteiger partial charge in [-0.2, -0.15) is 4.57 Å². The Morgan fingerprint density at radius 1 is 0.720 bits per heavy atom. The van der Waals surface area contributed by atoms with Gasteiger partial charge in [-0.15, -0.1) is 0 Å². The van der Waals surface area contributed by atoms with E-state index < -0.39 is 0 Å². The van der Waals surface area contributed by atoms with Crippen LogP contribution in [0.4, 0.5) is 4.39 Å². The molecule has 25 heavy (non-hydrogen) atoms. The smallest absolute Gasteiger partial charge is 0.207 e. The molecule has 2 heteroatoms. The van der Waals surface area contributed by atoms with Crippen molar-refractivity contribution in [2.75, 3.05) is 0 Å². The van der Waals surface area contributed by atoms with Gasteiger partial charge in [0.15, 0.2) is 6.20 Å². The van der Waals surface area contributed by atoms with Gasteiger partial charge in [0.1, 0.15) is 12.9 Å². The Morgan fingerprint density at radius 3 is 2.08 bits per heavy atom. The molecule has 1 heterocycles. The average Bonchev–Trinajstić information content (AvgIpc) is 2.63. The van der Waals surface area contributed by atoms with Crippen molar-refractivity contribution >= 4 is 10.8 Å². The molecule has 0 saturated heterocycles. The van der Waals surface area contributed by atoms with Gasteiger partial charge in [-0.25, -0.2) is 4.39 Å². The number of fused-ring (bicyclic) bond motifs is 1. The first-order valence-corrected chi connectivity index (χ1v) is 8.38. The summed E-state index contributed by atoms with van der Waals surface area (Å²) in [6.07, 6.45) is 2.14. The molecule has 0 aliphatic heterocycles. The van der Waals surface area contributed by atoms with Crippen molar-refractivity contribution in [1.82, 2.24) is 0 Å². The van der Waals surface area contributed by atoms with E-state index in [1.54, 1.807) is 0 Å². The molecular weight excluding hydrogens is 309 g/mol. The molecule has 0 radical (unpaired) electrons. The number of pyridine rings is 1. The van der Waals surface area contributed by atoms with E-state index in [1.807, 2.05) is 12.1 Å². The third kappa shape index (κ3) is 2.70. The van der Waals surface area contributed by atoms with Crippen LogP contribution >= 0.6 is 0 Å². The van der Waals surface area contributed by atoms with Gasteiger partial charge in [0.2, 0.25) is 5.69 Å². The largest absolute Gasteiger partial charge is 0.220 e. The number of rotatable bonds is 2. The summed E-state index contributed by atoms with van der Waals surface area (Å²) in [5.41, 5.74) is 5.80. The van der Waals surface area contributed by atoms with Crippen LogP contribution in [0.5, 0.6) is 0 Å². The second-order valence-electron chi connectivity index (χ2n) is 6.37. The number of aromatic nitrogens is 1. The lowest BCUT2D eigenvalue weighted by Crippen LogP contribution is -2.31. The quantitative estimate of drug-likeness (QED) is 0.431. The molecule has 4 rings (SSSR count). The Morgan fingerprint density at radius 2 is 1.36 bits per heavy atom.